The number of amides is 1. The van der Waals surface area contributed by atoms with Crippen LogP contribution in [-0.4, -0.2) is 40.0 Å². The van der Waals surface area contributed by atoms with Gasteiger partial charge in [-0.1, -0.05) is 50.3 Å². The van der Waals surface area contributed by atoms with Crippen molar-refractivity contribution in [2.75, 3.05) is 13.1 Å². The van der Waals surface area contributed by atoms with Crippen molar-refractivity contribution in [2.45, 2.75) is 58.2 Å². The van der Waals surface area contributed by atoms with Crippen molar-refractivity contribution in [1.29, 1.82) is 0 Å². The molecule has 1 amide bonds. The number of nitrogens with one attached hydrogen (secondary N) is 2. The van der Waals surface area contributed by atoms with Gasteiger partial charge in [0.15, 0.2) is 0 Å². The highest BCUT2D eigenvalue weighted by molar-refractivity contribution is 5.79. The molecule has 3 aliphatic rings. The molecule has 0 saturated carbocycles. The first-order valence-corrected chi connectivity index (χ1v) is 12.0. The Balaban J connectivity index is 1.19. The van der Waals surface area contributed by atoms with E-state index in [2.05, 4.69) is 66.9 Å². The lowest BCUT2D eigenvalue weighted by molar-refractivity contribution is -0.945. The van der Waals surface area contributed by atoms with Crippen LogP contribution in [0.5, 0.6) is 0 Å². The number of piperidine rings is 3. The molecule has 1 unspecified atom stereocenters. The van der Waals surface area contributed by atoms with Gasteiger partial charge >= 0.3 is 0 Å². The minimum atomic E-state index is 0.0904. The van der Waals surface area contributed by atoms with Crippen molar-refractivity contribution in [3.05, 3.63) is 60.2 Å². The molecule has 0 radical (unpaired) electrons. The smallest absolute Gasteiger partial charge is 0.229 e. The maximum atomic E-state index is 12.8. The quantitative estimate of drug-likeness (QED) is 0.607. The van der Waals surface area contributed by atoms with E-state index in [0.717, 1.165) is 49.5 Å². The molecule has 2 bridgehead atoms. The number of aromatic nitrogens is 3. The van der Waals surface area contributed by atoms with E-state index in [0.29, 0.717) is 18.5 Å². The third-order valence-corrected chi connectivity index (χ3v) is 7.40. The lowest BCUT2D eigenvalue weighted by Crippen LogP contribution is -3.20. The van der Waals surface area contributed by atoms with Crippen LogP contribution in [0.3, 0.4) is 0 Å². The highest BCUT2D eigenvalue weighted by Gasteiger charge is 2.46. The normalized spacial score (nSPS) is 24.7. The Morgan fingerprint density at radius 2 is 2.06 bits per heavy atom. The van der Waals surface area contributed by atoms with Crippen molar-refractivity contribution in [3.63, 3.8) is 0 Å². The van der Waals surface area contributed by atoms with Crippen molar-refractivity contribution < 1.29 is 14.1 Å². The zero-order chi connectivity index (χ0) is 23.0. The van der Waals surface area contributed by atoms with E-state index in [4.69, 9.17) is 4.42 Å². The highest BCUT2D eigenvalue weighted by Crippen LogP contribution is 2.28. The van der Waals surface area contributed by atoms with E-state index < -0.39 is 0 Å². The molecular weight excluding hydrogens is 414 g/mol. The number of hydrogen-bond acceptors (Lipinski definition) is 4. The van der Waals surface area contributed by atoms with Gasteiger partial charge in [-0.3, -0.25) is 4.79 Å². The number of furan rings is 1. The first-order valence-electron chi connectivity index (χ1n) is 12.0. The summed E-state index contributed by atoms with van der Waals surface area (Å²) in [5.41, 5.74) is 3.47. The molecule has 4 atom stereocenters. The van der Waals surface area contributed by atoms with Gasteiger partial charge in [0.2, 0.25) is 5.91 Å². The Kier molecular flexibility index (Phi) is 5.83. The van der Waals surface area contributed by atoms with Crippen molar-refractivity contribution in [1.82, 2.24) is 20.3 Å². The summed E-state index contributed by atoms with van der Waals surface area (Å²) in [5.74, 6) is 1.49. The lowest BCUT2D eigenvalue weighted by Gasteiger charge is -2.46. The molecule has 5 heterocycles. The SMILES string of the molecule is CC(C)(C)c1ccc(-c2cn(C[C@H]3C[C@@H]4CC[NH+]3C[C@@H]4C(=O)NCc3ccco3)nn2)cc1. The number of hydrogen-bond donors (Lipinski definition) is 2. The number of carbonyl (C=O) groups excluding carboxylic acids is 1. The molecule has 7 heteroatoms. The summed E-state index contributed by atoms with van der Waals surface area (Å²) < 4.78 is 7.32. The summed E-state index contributed by atoms with van der Waals surface area (Å²) in [6, 6.07) is 12.9. The van der Waals surface area contributed by atoms with E-state index in [-0.39, 0.29) is 17.2 Å². The third kappa shape index (κ3) is 4.74. The first kappa shape index (κ1) is 21.9. The fraction of sp³-hybridized carbons (Fsp3) is 0.500. The largest absolute Gasteiger partial charge is 0.467 e. The van der Waals surface area contributed by atoms with Crippen LogP contribution in [0.15, 0.2) is 53.3 Å². The van der Waals surface area contributed by atoms with Crippen LogP contribution in [0.1, 0.15) is 44.9 Å². The molecule has 3 saturated heterocycles. The van der Waals surface area contributed by atoms with Crippen LogP contribution in [-0.2, 0) is 23.3 Å². The average molecular weight is 449 g/mol. The van der Waals surface area contributed by atoms with Gasteiger partial charge in [-0.25, -0.2) is 4.68 Å². The number of rotatable bonds is 6. The summed E-state index contributed by atoms with van der Waals surface area (Å²) in [6.45, 7) is 10.0. The monoisotopic (exact) mass is 448 g/mol. The average Bonchev–Trinajstić information content (AvgIpc) is 3.50. The summed E-state index contributed by atoms with van der Waals surface area (Å²) in [7, 11) is 0. The van der Waals surface area contributed by atoms with E-state index in [1.54, 1.807) is 6.26 Å². The van der Waals surface area contributed by atoms with E-state index >= 15 is 0 Å². The molecule has 0 spiro atoms. The molecule has 6 rings (SSSR count). The van der Waals surface area contributed by atoms with Gasteiger partial charge < -0.3 is 14.6 Å². The standard InChI is InChI=1S/C26H33N5O2/c1-26(2,3)20-8-6-18(7-9-20)24-17-31(29-28-24)15-21-13-19-10-11-30(21)16-23(19)25(32)27-14-22-5-4-12-33-22/h4-9,12,17,19,21,23H,10-11,13-16H2,1-3H3,(H,27,32)/p+1/t19-,21+,23-/m0/s1. The zero-order valence-corrected chi connectivity index (χ0v) is 19.8. The zero-order valence-electron chi connectivity index (χ0n) is 19.8. The topological polar surface area (TPSA) is 77.4 Å². The van der Waals surface area contributed by atoms with E-state index in [9.17, 15) is 4.79 Å². The van der Waals surface area contributed by atoms with E-state index in [1.807, 2.05) is 16.8 Å². The molecule has 3 aromatic rings. The van der Waals surface area contributed by atoms with Gasteiger partial charge in [0, 0.05) is 18.4 Å². The molecule has 33 heavy (non-hydrogen) atoms. The van der Waals surface area contributed by atoms with Crippen LogP contribution < -0.4 is 10.2 Å². The van der Waals surface area contributed by atoms with Crippen LogP contribution in [0.25, 0.3) is 11.3 Å². The second-order valence-corrected chi connectivity index (χ2v) is 10.7. The molecule has 2 N–H and O–H groups in total. The molecule has 3 fully saturated rings. The number of benzene rings is 1. The van der Waals surface area contributed by atoms with Crippen LogP contribution in [0, 0.1) is 11.8 Å². The Morgan fingerprint density at radius 3 is 2.73 bits per heavy atom. The second kappa shape index (κ2) is 8.78. The highest BCUT2D eigenvalue weighted by atomic mass is 16.3. The Bertz CT molecular complexity index is 1080. The number of fused-ring (bicyclic) bond motifs is 3. The maximum absolute atomic E-state index is 12.8. The molecule has 7 nitrogen and oxygen atoms in total. The van der Waals surface area contributed by atoms with Gasteiger partial charge in [-0.2, -0.15) is 0 Å². The van der Waals surface area contributed by atoms with Gasteiger partial charge in [0.05, 0.1) is 44.6 Å². The van der Waals surface area contributed by atoms with Gasteiger partial charge in [-0.05, 0) is 29.0 Å². The minimum Gasteiger partial charge on any atom is -0.467 e. The summed E-state index contributed by atoms with van der Waals surface area (Å²) in [4.78, 5) is 14.3. The van der Waals surface area contributed by atoms with Crippen molar-refractivity contribution in [2.24, 2.45) is 11.8 Å². The molecule has 174 valence electrons. The molecule has 3 aliphatic heterocycles. The minimum absolute atomic E-state index is 0.0904. The van der Waals surface area contributed by atoms with Crippen molar-refractivity contribution in [3.8, 4) is 11.3 Å². The fourth-order valence-corrected chi connectivity index (χ4v) is 5.42. The van der Waals surface area contributed by atoms with Gasteiger partial charge in [-0.15, -0.1) is 5.10 Å². The Labute approximate surface area is 195 Å². The van der Waals surface area contributed by atoms with Gasteiger partial charge in [0.25, 0.3) is 0 Å². The number of carbonyl (C=O) groups is 1. The van der Waals surface area contributed by atoms with Crippen LogP contribution in [0.4, 0.5) is 0 Å². The number of nitrogens with zero attached hydrogens (tertiary/aromatic N) is 3. The summed E-state index contributed by atoms with van der Waals surface area (Å²) >= 11 is 0. The molecule has 2 aromatic heterocycles. The second-order valence-electron chi connectivity index (χ2n) is 10.7. The summed E-state index contributed by atoms with van der Waals surface area (Å²) in [6.07, 6.45) is 5.88. The predicted octanol–water partition coefficient (Wildman–Crippen LogP) is 2.45. The summed E-state index contributed by atoms with van der Waals surface area (Å²) in [5, 5.41) is 11.9. The van der Waals surface area contributed by atoms with Gasteiger partial charge in [0.1, 0.15) is 17.5 Å². The third-order valence-electron chi connectivity index (χ3n) is 7.40. The maximum Gasteiger partial charge on any atom is 0.229 e. The van der Waals surface area contributed by atoms with E-state index in [1.165, 1.54) is 10.5 Å². The molecular formula is C26H34N5O2+. The Hall–Kier alpha value is -2.93. The lowest BCUT2D eigenvalue weighted by atomic mass is 9.75. The molecule has 0 aliphatic carbocycles. The van der Waals surface area contributed by atoms with Crippen LogP contribution >= 0.6 is 0 Å². The number of quaternary nitrogens is 1. The first-order chi connectivity index (χ1) is 15.9. The van der Waals surface area contributed by atoms with Crippen molar-refractivity contribution >= 4 is 5.91 Å². The molecule has 1 aromatic carbocycles. The van der Waals surface area contributed by atoms with Crippen LogP contribution in [0.2, 0.25) is 0 Å². The predicted molar refractivity (Wildman–Crippen MR) is 125 cm³/mol. The Morgan fingerprint density at radius 1 is 1.24 bits per heavy atom. The fourth-order valence-electron chi connectivity index (χ4n) is 5.42.